The SMILES string of the molecule is CC.CC1=C/C(=C2/C=CC(C)=C(C)C2)[CH]C=C1. The van der Waals surface area contributed by atoms with Gasteiger partial charge in [0.1, 0.15) is 0 Å². The maximum atomic E-state index is 2.26. The van der Waals surface area contributed by atoms with Crippen molar-refractivity contribution in [3.8, 4) is 0 Å². The van der Waals surface area contributed by atoms with E-state index in [1.54, 1.807) is 0 Å². The van der Waals surface area contributed by atoms with Gasteiger partial charge in [0.2, 0.25) is 0 Å². The Morgan fingerprint density at radius 2 is 1.65 bits per heavy atom. The molecule has 0 heterocycles. The number of allylic oxidation sites excluding steroid dienone is 10. The first-order chi connectivity index (χ1) is 8.16. The zero-order valence-electron chi connectivity index (χ0n) is 11.7. The van der Waals surface area contributed by atoms with Crippen molar-refractivity contribution in [2.24, 2.45) is 0 Å². The summed E-state index contributed by atoms with van der Waals surface area (Å²) in [5.74, 6) is 0. The minimum atomic E-state index is 1.09. The predicted octanol–water partition coefficient (Wildman–Crippen LogP) is 5.33. The highest BCUT2D eigenvalue weighted by Gasteiger charge is 2.09. The average Bonchev–Trinajstić information content (AvgIpc) is 2.35. The lowest BCUT2D eigenvalue weighted by molar-refractivity contribution is 1.07. The van der Waals surface area contributed by atoms with Gasteiger partial charge in [-0.25, -0.2) is 0 Å². The summed E-state index contributed by atoms with van der Waals surface area (Å²) < 4.78 is 0. The van der Waals surface area contributed by atoms with E-state index in [2.05, 4.69) is 57.6 Å². The molecule has 0 aromatic rings. The lowest BCUT2D eigenvalue weighted by Gasteiger charge is -2.16. The molecular formula is C17H23. The Morgan fingerprint density at radius 1 is 0.941 bits per heavy atom. The fourth-order valence-corrected chi connectivity index (χ4v) is 1.89. The second kappa shape index (κ2) is 6.44. The molecule has 2 aliphatic carbocycles. The van der Waals surface area contributed by atoms with Crippen molar-refractivity contribution in [1.82, 2.24) is 0 Å². The van der Waals surface area contributed by atoms with Crippen LogP contribution in [0.3, 0.4) is 0 Å². The van der Waals surface area contributed by atoms with E-state index in [0.29, 0.717) is 0 Å². The van der Waals surface area contributed by atoms with Crippen LogP contribution in [0.25, 0.3) is 0 Å². The van der Waals surface area contributed by atoms with Crippen LogP contribution in [0.1, 0.15) is 41.0 Å². The van der Waals surface area contributed by atoms with Gasteiger partial charge in [-0.2, -0.15) is 0 Å². The minimum absolute atomic E-state index is 1.09. The lowest BCUT2D eigenvalue weighted by Crippen LogP contribution is -1.97. The molecule has 0 fully saturated rings. The van der Waals surface area contributed by atoms with Gasteiger partial charge in [0.25, 0.3) is 0 Å². The van der Waals surface area contributed by atoms with Gasteiger partial charge in [-0.3, -0.25) is 0 Å². The maximum Gasteiger partial charge on any atom is 0.0128 e. The van der Waals surface area contributed by atoms with E-state index in [-0.39, 0.29) is 0 Å². The first-order valence-corrected chi connectivity index (χ1v) is 6.44. The molecule has 91 valence electrons. The second-order valence-electron chi connectivity index (χ2n) is 4.37. The second-order valence-corrected chi connectivity index (χ2v) is 4.37. The molecule has 1 radical (unpaired) electrons. The first kappa shape index (κ1) is 13.8. The molecule has 0 nitrogen and oxygen atoms in total. The van der Waals surface area contributed by atoms with Crippen molar-refractivity contribution in [2.75, 3.05) is 0 Å². The summed E-state index contributed by atoms with van der Waals surface area (Å²) in [6, 6.07) is 0. The van der Waals surface area contributed by atoms with Crippen molar-refractivity contribution in [2.45, 2.75) is 41.0 Å². The van der Waals surface area contributed by atoms with Crippen LogP contribution >= 0.6 is 0 Å². The summed E-state index contributed by atoms with van der Waals surface area (Å²) >= 11 is 0. The third kappa shape index (κ3) is 3.59. The van der Waals surface area contributed by atoms with Gasteiger partial charge in [-0.1, -0.05) is 60.9 Å². The molecule has 0 aromatic carbocycles. The number of hydrogen-bond donors (Lipinski definition) is 0. The summed E-state index contributed by atoms with van der Waals surface area (Å²) in [6.45, 7) is 10.5. The summed E-state index contributed by atoms with van der Waals surface area (Å²) in [4.78, 5) is 0. The van der Waals surface area contributed by atoms with Gasteiger partial charge in [0.15, 0.2) is 0 Å². The average molecular weight is 227 g/mol. The fraction of sp³-hybridized carbons (Fsp3) is 0.353. The monoisotopic (exact) mass is 227 g/mol. The molecule has 0 saturated carbocycles. The Kier molecular flexibility index (Phi) is 5.21. The van der Waals surface area contributed by atoms with E-state index in [1.807, 2.05) is 13.8 Å². The summed E-state index contributed by atoms with van der Waals surface area (Å²) in [5, 5.41) is 0. The molecule has 0 unspecified atom stereocenters. The van der Waals surface area contributed by atoms with E-state index in [9.17, 15) is 0 Å². The van der Waals surface area contributed by atoms with Crippen molar-refractivity contribution < 1.29 is 0 Å². The maximum absolute atomic E-state index is 2.26. The van der Waals surface area contributed by atoms with Crippen LogP contribution < -0.4 is 0 Å². The molecule has 0 atom stereocenters. The van der Waals surface area contributed by atoms with E-state index in [0.717, 1.165) is 6.42 Å². The topological polar surface area (TPSA) is 0 Å². The quantitative estimate of drug-likeness (QED) is 0.525. The minimum Gasteiger partial charge on any atom is -0.0758 e. The first-order valence-electron chi connectivity index (χ1n) is 6.44. The highest BCUT2D eigenvalue weighted by molar-refractivity contribution is 5.52. The number of rotatable bonds is 0. The van der Waals surface area contributed by atoms with E-state index < -0.39 is 0 Å². The van der Waals surface area contributed by atoms with Crippen LogP contribution in [0.5, 0.6) is 0 Å². The molecule has 0 spiro atoms. The summed E-state index contributed by atoms with van der Waals surface area (Å²) in [7, 11) is 0. The predicted molar refractivity (Wildman–Crippen MR) is 77.7 cm³/mol. The lowest BCUT2D eigenvalue weighted by atomic mass is 9.89. The van der Waals surface area contributed by atoms with E-state index in [1.165, 1.54) is 27.9 Å². The number of hydrogen-bond acceptors (Lipinski definition) is 0. The standard InChI is InChI=1S/C15H17.C2H6/c1-11-5-4-6-14(9-11)15-8-7-12(2)13(3)10-15;1-2/h4-9H,10H2,1-3H3;1-2H3/b15-14-;. The molecule has 0 heteroatoms. The van der Waals surface area contributed by atoms with Crippen LogP contribution in [0.15, 0.2) is 58.2 Å². The van der Waals surface area contributed by atoms with E-state index >= 15 is 0 Å². The molecule has 0 N–H and O–H groups in total. The third-order valence-electron chi connectivity index (χ3n) is 3.05. The molecule has 2 aliphatic rings. The summed E-state index contributed by atoms with van der Waals surface area (Å²) in [5.41, 5.74) is 7.01. The Hall–Kier alpha value is -1.30. The normalized spacial score (nSPS) is 23.2. The molecule has 0 aromatic heterocycles. The highest BCUT2D eigenvalue weighted by atomic mass is 14.1. The van der Waals surface area contributed by atoms with Gasteiger partial charge in [-0.05, 0) is 38.3 Å². The molecule has 0 aliphatic heterocycles. The molecule has 0 bridgehead atoms. The highest BCUT2D eigenvalue weighted by Crippen LogP contribution is 2.28. The Balaban J connectivity index is 0.000000686. The molecular weight excluding hydrogens is 204 g/mol. The molecule has 17 heavy (non-hydrogen) atoms. The van der Waals surface area contributed by atoms with Crippen LogP contribution in [0, 0.1) is 6.42 Å². The van der Waals surface area contributed by atoms with Gasteiger partial charge < -0.3 is 0 Å². The zero-order chi connectivity index (χ0) is 12.8. The third-order valence-corrected chi connectivity index (χ3v) is 3.05. The van der Waals surface area contributed by atoms with Crippen molar-refractivity contribution >= 4 is 0 Å². The molecule has 0 amide bonds. The van der Waals surface area contributed by atoms with Crippen LogP contribution in [-0.4, -0.2) is 0 Å². The van der Waals surface area contributed by atoms with Crippen molar-refractivity contribution in [3.63, 3.8) is 0 Å². The Morgan fingerprint density at radius 3 is 2.24 bits per heavy atom. The van der Waals surface area contributed by atoms with Crippen LogP contribution in [0.2, 0.25) is 0 Å². The molecule has 2 rings (SSSR count). The van der Waals surface area contributed by atoms with Crippen molar-refractivity contribution in [3.05, 3.63) is 64.7 Å². The smallest absolute Gasteiger partial charge is 0.0128 e. The Labute approximate surface area is 106 Å². The van der Waals surface area contributed by atoms with Crippen molar-refractivity contribution in [1.29, 1.82) is 0 Å². The van der Waals surface area contributed by atoms with E-state index in [4.69, 9.17) is 0 Å². The Bertz CT molecular complexity index is 423. The largest absolute Gasteiger partial charge is 0.0758 e. The molecule has 0 saturated heterocycles. The fourth-order valence-electron chi connectivity index (χ4n) is 1.89. The summed E-state index contributed by atoms with van der Waals surface area (Å²) in [6.07, 6.45) is 14.3. The van der Waals surface area contributed by atoms with Gasteiger partial charge in [-0.15, -0.1) is 0 Å². The van der Waals surface area contributed by atoms with Crippen LogP contribution in [-0.2, 0) is 0 Å². The van der Waals surface area contributed by atoms with Gasteiger partial charge in [0, 0.05) is 6.42 Å². The van der Waals surface area contributed by atoms with Crippen LogP contribution in [0.4, 0.5) is 0 Å². The van der Waals surface area contributed by atoms with Gasteiger partial charge >= 0.3 is 0 Å². The zero-order valence-corrected chi connectivity index (χ0v) is 11.7. The van der Waals surface area contributed by atoms with Gasteiger partial charge in [0.05, 0.1) is 0 Å².